The molecule has 3 saturated heterocycles. The molecule has 6 nitrogen and oxygen atoms in total. The number of hydrogen-bond acceptors (Lipinski definition) is 4. The molecule has 0 saturated carbocycles. The van der Waals surface area contributed by atoms with Crippen LogP contribution in [0.2, 0.25) is 0 Å². The number of nitrogens with zero attached hydrogens (tertiary/aromatic N) is 3. The molecule has 2 amide bonds. The summed E-state index contributed by atoms with van der Waals surface area (Å²) in [6, 6.07) is 9.06. The Balaban J connectivity index is 1.27. The van der Waals surface area contributed by atoms with E-state index in [0.29, 0.717) is 19.5 Å². The molecular formula is C24H33F2N3O3. The van der Waals surface area contributed by atoms with Crippen LogP contribution in [0.3, 0.4) is 0 Å². The van der Waals surface area contributed by atoms with Crippen LogP contribution in [0.1, 0.15) is 51.0 Å². The second kappa shape index (κ2) is 9.73. The van der Waals surface area contributed by atoms with Crippen LogP contribution in [0.4, 0.5) is 13.6 Å². The molecule has 0 unspecified atom stereocenters. The maximum absolute atomic E-state index is 13.6. The van der Waals surface area contributed by atoms with Crippen molar-refractivity contribution in [3.05, 3.63) is 35.9 Å². The van der Waals surface area contributed by atoms with Crippen LogP contribution in [0, 0.1) is 0 Å². The number of fused-ring (bicyclic) bond motifs is 1. The number of piperidine rings is 1. The molecule has 0 aliphatic carbocycles. The highest BCUT2D eigenvalue weighted by Crippen LogP contribution is 2.33. The lowest BCUT2D eigenvalue weighted by Gasteiger charge is -2.43. The van der Waals surface area contributed by atoms with Gasteiger partial charge in [0.05, 0.1) is 6.54 Å². The monoisotopic (exact) mass is 449 g/mol. The van der Waals surface area contributed by atoms with Crippen LogP contribution in [-0.2, 0) is 16.1 Å². The van der Waals surface area contributed by atoms with E-state index < -0.39 is 18.1 Å². The number of halogens is 2. The second-order valence-electron chi connectivity index (χ2n) is 9.38. The van der Waals surface area contributed by atoms with E-state index in [-0.39, 0.29) is 37.6 Å². The van der Waals surface area contributed by atoms with E-state index in [4.69, 9.17) is 4.74 Å². The summed E-state index contributed by atoms with van der Waals surface area (Å²) in [5.41, 5.74) is 0.908. The van der Waals surface area contributed by atoms with Gasteiger partial charge in [-0.25, -0.2) is 13.6 Å². The fraction of sp³-hybridized carbons (Fsp3) is 0.667. The number of rotatable bonds is 6. The lowest BCUT2D eigenvalue weighted by atomic mass is 10.0. The van der Waals surface area contributed by atoms with Gasteiger partial charge in [-0.3, -0.25) is 14.6 Å². The molecule has 0 spiro atoms. The number of carbonyl (C=O) groups is 2. The van der Waals surface area contributed by atoms with Crippen molar-refractivity contribution in [3.63, 3.8) is 0 Å². The van der Waals surface area contributed by atoms with Crippen LogP contribution < -0.4 is 0 Å². The van der Waals surface area contributed by atoms with Gasteiger partial charge < -0.3 is 9.64 Å². The van der Waals surface area contributed by atoms with Crippen molar-refractivity contribution in [3.8, 4) is 0 Å². The number of piperazine rings is 1. The molecule has 32 heavy (non-hydrogen) atoms. The average molecular weight is 450 g/mol. The van der Waals surface area contributed by atoms with E-state index in [0.717, 1.165) is 37.8 Å². The summed E-state index contributed by atoms with van der Waals surface area (Å²) in [5, 5.41) is 0. The third-order valence-corrected chi connectivity index (χ3v) is 7.03. The first-order valence-corrected chi connectivity index (χ1v) is 11.7. The number of benzene rings is 1. The van der Waals surface area contributed by atoms with E-state index in [2.05, 4.69) is 0 Å². The minimum absolute atomic E-state index is 0.00675. The standard InChI is InChI=1S/C24H33F2N3O3/c1-18-22(30)29-20(9-5-13-27-14-6-12-24(25,26)17-27)10-11-21(29)15-28(18)23(31)32-16-19-7-3-2-4-8-19/h2-4,7-8,18,20-21H,5-6,9-17H2,1H3/t18-,20-,21-/m0/s1. The van der Waals surface area contributed by atoms with Crippen molar-refractivity contribution >= 4 is 12.0 Å². The fourth-order valence-electron chi connectivity index (χ4n) is 5.34. The van der Waals surface area contributed by atoms with Crippen molar-refractivity contribution in [2.24, 2.45) is 0 Å². The first-order valence-electron chi connectivity index (χ1n) is 11.7. The van der Waals surface area contributed by atoms with E-state index in [9.17, 15) is 18.4 Å². The Hall–Kier alpha value is -2.22. The Morgan fingerprint density at radius 1 is 1.22 bits per heavy atom. The molecule has 4 rings (SSSR count). The van der Waals surface area contributed by atoms with E-state index >= 15 is 0 Å². The van der Waals surface area contributed by atoms with Gasteiger partial charge in [0.1, 0.15) is 12.6 Å². The van der Waals surface area contributed by atoms with Gasteiger partial charge in [0, 0.05) is 25.0 Å². The summed E-state index contributed by atoms with van der Waals surface area (Å²) >= 11 is 0. The largest absolute Gasteiger partial charge is 0.445 e. The van der Waals surface area contributed by atoms with Crippen molar-refractivity contribution in [1.29, 1.82) is 0 Å². The maximum Gasteiger partial charge on any atom is 0.410 e. The summed E-state index contributed by atoms with van der Waals surface area (Å²) in [4.78, 5) is 31.1. The van der Waals surface area contributed by atoms with Gasteiger partial charge >= 0.3 is 6.09 Å². The van der Waals surface area contributed by atoms with Crippen molar-refractivity contribution in [2.75, 3.05) is 26.2 Å². The highest BCUT2D eigenvalue weighted by atomic mass is 19.3. The fourth-order valence-corrected chi connectivity index (χ4v) is 5.34. The number of carbonyl (C=O) groups excluding carboxylic acids is 2. The highest BCUT2D eigenvalue weighted by Gasteiger charge is 2.46. The molecule has 0 N–H and O–H groups in total. The smallest absolute Gasteiger partial charge is 0.410 e. The van der Waals surface area contributed by atoms with Gasteiger partial charge in [0.2, 0.25) is 5.91 Å². The van der Waals surface area contributed by atoms with Crippen LogP contribution in [0.15, 0.2) is 30.3 Å². The number of alkyl halides is 2. The molecule has 1 aromatic rings. The van der Waals surface area contributed by atoms with Gasteiger partial charge in [-0.2, -0.15) is 0 Å². The highest BCUT2D eigenvalue weighted by molar-refractivity contribution is 5.87. The topological polar surface area (TPSA) is 53.1 Å². The van der Waals surface area contributed by atoms with Crippen LogP contribution in [0.25, 0.3) is 0 Å². The summed E-state index contributed by atoms with van der Waals surface area (Å²) < 4.78 is 32.7. The third-order valence-electron chi connectivity index (χ3n) is 7.03. The molecular weight excluding hydrogens is 416 g/mol. The average Bonchev–Trinajstić information content (AvgIpc) is 3.17. The second-order valence-corrected chi connectivity index (χ2v) is 9.38. The summed E-state index contributed by atoms with van der Waals surface area (Å²) in [6.45, 7) is 3.64. The Labute approximate surface area is 188 Å². The third kappa shape index (κ3) is 5.22. The molecule has 3 aliphatic heterocycles. The number of likely N-dealkylation sites (tertiary alicyclic amines) is 1. The predicted octanol–water partition coefficient (Wildman–Crippen LogP) is 3.90. The Morgan fingerprint density at radius 3 is 2.75 bits per heavy atom. The zero-order valence-electron chi connectivity index (χ0n) is 18.7. The van der Waals surface area contributed by atoms with Crippen molar-refractivity contribution < 1.29 is 23.1 Å². The van der Waals surface area contributed by atoms with E-state index in [1.165, 1.54) is 0 Å². The SMILES string of the molecule is C[C@H]1C(=O)N2[C@@H](CCCN3CCCC(F)(F)C3)CC[C@H]2CN1C(=O)OCc1ccccc1. The van der Waals surface area contributed by atoms with Gasteiger partial charge in [-0.05, 0) is 57.7 Å². The zero-order valence-corrected chi connectivity index (χ0v) is 18.7. The number of ether oxygens (including phenoxy) is 1. The number of amides is 2. The minimum Gasteiger partial charge on any atom is -0.445 e. The van der Waals surface area contributed by atoms with Crippen LogP contribution in [0.5, 0.6) is 0 Å². The minimum atomic E-state index is -2.58. The molecule has 3 fully saturated rings. The Morgan fingerprint density at radius 2 is 2.00 bits per heavy atom. The molecule has 0 radical (unpaired) electrons. The van der Waals surface area contributed by atoms with Gasteiger partial charge in [0.15, 0.2) is 0 Å². The molecule has 3 heterocycles. The molecule has 1 aromatic carbocycles. The number of hydrogen-bond donors (Lipinski definition) is 0. The Kier molecular flexibility index (Phi) is 6.98. The van der Waals surface area contributed by atoms with Crippen LogP contribution >= 0.6 is 0 Å². The quantitative estimate of drug-likeness (QED) is 0.661. The first-order chi connectivity index (χ1) is 15.3. The predicted molar refractivity (Wildman–Crippen MR) is 116 cm³/mol. The van der Waals surface area contributed by atoms with E-state index in [1.807, 2.05) is 40.1 Å². The molecule has 176 valence electrons. The lowest BCUT2D eigenvalue weighted by Crippen LogP contribution is -2.61. The van der Waals surface area contributed by atoms with Gasteiger partial charge in [-0.1, -0.05) is 30.3 Å². The first kappa shape index (κ1) is 23.0. The molecule has 8 heteroatoms. The van der Waals surface area contributed by atoms with Crippen molar-refractivity contribution in [2.45, 2.75) is 76.1 Å². The molecule has 0 bridgehead atoms. The van der Waals surface area contributed by atoms with Crippen molar-refractivity contribution in [1.82, 2.24) is 14.7 Å². The van der Waals surface area contributed by atoms with Gasteiger partial charge in [0.25, 0.3) is 5.92 Å². The lowest BCUT2D eigenvalue weighted by molar-refractivity contribution is -0.144. The summed E-state index contributed by atoms with van der Waals surface area (Å²) in [7, 11) is 0. The zero-order chi connectivity index (χ0) is 22.7. The van der Waals surface area contributed by atoms with E-state index in [1.54, 1.807) is 11.8 Å². The Bertz CT molecular complexity index is 807. The summed E-state index contributed by atoms with van der Waals surface area (Å²) in [5.74, 6) is -2.61. The molecule has 0 aromatic heterocycles. The van der Waals surface area contributed by atoms with Crippen LogP contribution in [-0.4, -0.2) is 76.9 Å². The maximum atomic E-state index is 13.6. The summed E-state index contributed by atoms with van der Waals surface area (Å²) in [6.07, 6.45) is 3.43. The molecule has 3 aliphatic rings. The van der Waals surface area contributed by atoms with Gasteiger partial charge in [-0.15, -0.1) is 0 Å². The molecule has 3 atom stereocenters. The normalized spacial score (nSPS) is 28.0.